The average Bonchev–Trinajstić information content (AvgIpc) is 3.13. The van der Waals surface area contributed by atoms with Crippen molar-refractivity contribution in [2.45, 2.75) is 25.5 Å². The second-order valence-electron chi connectivity index (χ2n) is 6.11. The molecule has 0 atom stereocenters. The molecule has 0 aliphatic rings. The van der Waals surface area contributed by atoms with Gasteiger partial charge in [-0.1, -0.05) is 41.6 Å². The van der Waals surface area contributed by atoms with Gasteiger partial charge in [0.2, 0.25) is 5.91 Å². The van der Waals surface area contributed by atoms with Crippen LogP contribution in [0.1, 0.15) is 12.5 Å². The van der Waals surface area contributed by atoms with Gasteiger partial charge in [-0.2, -0.15) is 0 Å². The first-order valence-corrected chi connectivity index (χ1v) is 10.1. The largest absolute Gasteiger partial charge is 0.325 e. The van der Waals surface area contributed by atoms with Gasteiger partial charge in [0.15, 0.2) is 11.0 Å². The van der Waals surface area contributed by atoms with Gasteiger partial charge in [0.05, 0.1) is 10.7 Å². The number of non-ortho nitro benzene ring substituents is 1. The maximum absolute atomic E-state index is 12.3. The van der Waals surface area contributed by atoms with E-state index in [2.05, 4.69) is 15.5 Å². The van der Waals surface area contributed by atoms with Gasteiger partial charge in [-0.15, -0.1) is 10.2 Å². The molecule has 0 aliphatic heterocycles. The molecule has 2 aromatic carbocycles. The number of nitro groups is 1. The van der Waals surface area contributed by atoms with E-state index in [1.54, 1.807) is 30.3 Å². The van der Waals surface area contributed by atoms with E-state index in [-0.39, 0.29) is 17.3 Å². The first-order chi connectivity index (χ1) is 13.9. The Kier molecular flexibility index (Phi) is 6.50. The molecule has 0 spiro atoms. The number of nitrogens with one attached hydrogen (secondary N) is 1. The van der Waals surface area contributed by atoms with E-state index in [1.165, 1.54) is 23.9 Å². The van der Waals surface area contributed by atoms with Crippen molar-refractivity contribution in [3.63, 3.8) is 0 Å². The average molecular weight is 432 g/mol. The summed E-state index contributed by atoms with van der Waals surface area (Å²) < 4.78 is 1.82. The highest BCUT2D eigenvalue weighted by molar-refractivity contribution is 7.99. The van der Waals surface area contributed by atoms with Gasteiger partial charge in [-0.25, -0.2) is 0 Å². The number of carbonyl (C=O) groups excluding carboxylic acids is 1. The second-order valence-corrected chi connectivity index (χ2v) is 7.46. The highest BCUT2D eigenvalue weighted by Gasteiger charge is 2.17. The Bertz CT molecular complexity index is 1070. The first-order valence-electron chi connectivity index (χ1n) is 8.76. The van der Waals surface area contributed by atoms with Gasteiger partial charge in [0.1, 0.15) is 0 Å². The molecule has 3 aromatic rings. The maximum atomic E-state index is 12.3. The Morgan fingerprint density at radius 2 is 2.03 bits per heavy atom. The van der Waals surface area contributed by atoms with Gasteiger partial charge < -0.3 is 9.88 Å². The third kappa shape index (κ3) is 4.75. The number of nitro benzene ring substituents is 1. The van der Waals surface area contributed by atoms with Crippen LogP contribution in [0.2, 0.25) is 5.02 Å². The van der Waals surface area contributed by atoms with Crippen LogP contribution in [-0.2, 0) is 11.3 Å². The SMILES string of the molecule is CCn1c(SCC(=O)Nc2cccc(Cl)c2C)nnc1-c1cccc([N+](=O)[O-])c1. The number of carbonyl (C=O) groups is 1. The number of hydrogen-bond donors (Lipinski definition) is 1. The number of aromatic nitrogens is 3. The summed E-state index contributed by atoms with van der Waals surface area (Å²) in [6.45, 7) is 4.32. The van der Waals surface area contributed by atoms with Crippen LogP contribution in [0.3, 0.4) is 0 Å². The van der Waals surface area contributed by atoms with Crippen molar-refractivity contribution in [1.29, 1.82) is 0 Å². The highest BCUT2D eigenvalue weighted by atomic mass is 35.5. The molecule has 1 N–H and O–H groups in total. The number of hydrogen-bond acceptors (Lipinski definition) is 6. The molecule has 8 nitrogen and oxygen atoms in total. The van der Waals surface area contributed by atoms with Crippen molar-refractivity contribution in [3.05, 3.63) is 63.2 Å². The summed E-state index contributed by atoms with van der Waals surface area (Å²) in [6.07, 6.45) is 0. The summed E-state index contributed by atoms with van der Waals surface area (Å²) in [5.74, 6) is 0.465. The van der Waals surface area contributed by atoms with Gasteiger partial charge in [0, 0.05) is 35.0 Å². The zero-order valence-electron chi connectivity index (χ0n) is 15.8. The summed E-state index contributed by atoms with van der Waals surface area (Å²) >= 11 is 7.33. The zero-order chi connectivity index (χ0) is 21.0. The van der Waals surface area contributed by atoms with Crippen molar-refractivity contribution in [1.82, 2.24) is 14.8 Å². The normalized spacial score (nSPS) is 10.7. The van der Waals surface area contributed by atoms with Crippen LogP contribution in [0.4, 0.5) is 11.4 Å². The predicted molar refractivity (Wildman–Crippen MR) is 113 cm³/mol. The van der Waals surface area contributed by atoms with E-state index in [0.29, 0.717) is 33.8 Å². The lowest BCUT2D eigenvalue weighted by molar-refractivity contribution is -0.384. The standard InChI is InChI=1S/C19H18ClN5O3S/c1-3-24-18(13-6-4-7-14(10-13)25(27)28)22-23-19(24)29-11-17(26)21-16-9-5-8-15(20)12(16)2/h4-10H,3,11H2,1-2H3,(H,21,26). The van der Waals surface area contributed by atoms with E-state index in [0.717, 1.165) is 5.56 Å². The lowest BCUT2D eigenvalue weighted by Gasteiger charge is -2.10. The molecule has 0 bridgehead atoms. The van der Waals surface area contributed by atoms with Crippen LogP contribution in [-0.4, -0.2) is 31.3 Å². The maximum Gasteiger partial charge on any atom is 0.270 e. The summed E-state index contributed by atoms with van der Waals surface area (Å²) in [5.41, 5.74) is 2.05. The Morgan fingerprint density at radius 3 is 2.76 bits per heavy atom. The molecule has 10 heteroatoms. The fourth-order valence-electron chi connectivity index (χ4n) is 2.71. The molecular weight excluding hydrogens is 414 g/mol. The molecule has 29 heavy (non-hydrogen) atoms. The van der Waals surface area contributed by atoms with Gasteiger partial charge in [-0.3, -0.25) is 14.9 Å². The van der Waals surface area contributed by atoms with Gasteiger partial charge in [0.25, 0.3) is 5.69 Å². The lowest BCUT2D eigenvalue weighted by Crippen LogP contribution is -2.15. The number of rotatable bonds is 7. The van der Waals surface area contributed by atoms with Crippen LogP contribution in [0.25, 0.3) is 11.4 Å². The molecule has 3 rings (SSSR count). The Balaban J connectivity index is 1.74. The molecule has 0 fully saturated rings. The summed E-state index contributed by atoms with van der Waals surface area (Å²) in [4.78, 5) is 22.9. The van der Waals surface area contributed by atoms with Crippen molar-refractivity contribution in [2.24, 2.45) is 0 Å². The highest BCUT2D eigenvalue weighted by Crippen LogP contribution is 2.27. The van der Waals surface area contributed by atoms with E-state index in [9.17, 15) is 14.9 Å². The monoisotopic (exact) mass is 431 g/mol. The van der Waals surface area contributed by atoms with E-state index >= 15 is 0 Å². The van der Waals surface area contributed by atoms with E-state index < -0.39 is 4.92 Å². The molecule has 0 saturated carbocycles. The molecule has 1 amide bonds. The number of halogens is 1. The van der Waals surface area contributed by atoms with Crippen LogP contribution < -0.4 is 5.32 Å². The summed E-state index contributed by atoms with van der Waals surface area (Å²) in [5, 5.41) is 23.3. The molecule has 0 saturated heterocycles. The van der Waals surface area contributed by atoms with Gasteiger partial charge in [-0.05, 0) is 31.5 Å². The molecule has 0 aliphatic carbocycles. The zero-order valence-corrected chi connectivity index (χ0v) is 17.3. The third-order valence-corrected chi connectivity index (χ3v) is 5.60. The fourth-order valence-corrected chi connectivity index (χ4v) is 3.69. The molecule has 0 radical (unpaired) electrons. The topological polar surface area (TPSA) is 103 Å². The van der Waals surface area contributed by atoms with Crippen molar-refractivity contribution in [2.75, 3.05) is 11.1 Å². The minimum absolute atomic E-state index is 0.0152. The van der Waals surface area contributed by atoms with E-state index in [4.69, 9.17) is 11.6 Å². The van der Waals surface area contributed by atoms with Gasteiger partial charge >= 0.3 is 0 Å². The second kappa shape index (κ2) is 9.06. The van der Waals surface area contributed by atoms with Crippen molar-refractivity contribution >= 4 is 40.6 Å². The number of benzene rings is 2. The number of nitrogens with zero attached hydrogens (tertiary/aromatic N) is 4. The number of anilines is 1. The Morgan fingerprint density at radius 1 is 1.28 bits per heavy atom. The Hall–Kier alpha value is -2.91. The third-order valence-electron chi connectivity index (χ3n) is 4.22. The lowest BCUT2D eigenvalue weighted by atomic mass is 10.2. The smallest absolute Gasteiger partial charge is 0.270 e. The van der Waals surface area contributed by atoms with Crippen LogP contribution >= 0.6 is 23.4 Å². The quantitative estimate of drug-likeness (QED) is 0.334. The summed E-state index contributed by atoms with van der Waals surface area (Å²) in [7, 11) is 0. The number of thioether (sulfide) groups is 1. The van der Waals surface area contributed by atoms with Crippen molar-refractivity contribution < 1.29 is 9.72 Å². The predicted octanol–water partition coefficient (Wildman–Crippen LogP) is 4.57. The first kappa shape index (κ1) is 20.8. The molecule has 1 heterocycles. The minimum atomic E-state index is -0.450. The molecule has 150 valence electrons. The minimum Gasteiger partial charge on any atom is -0.325 e. The Labute approximate surface area is 176 Å². The van der Waals surface area contributed by atoms with E-state index in [1.807, 2.05) is 18.4 Å². The fraction of sp³-hybridized carbons (Fsp3) is 0.211. The van der Waals surface area contributed by atoms with Crippen LogP contribution in [0, 0.1) is 17.0 Å². The van der Waals surface area contributed by atoms with Crippen molar-refractivity contribution in [3.8, 4) is 11.4 Å². The van der Waals surface area contributed by atoms with Crippen LogP contribution in [0.5, 0.6) is 0 Å². The molecule has 1 aromatic heterocycles. The van der Waals surface area contributed by atoms with Crippen LogP contribution in [0.15, 0.2) is 47.6 Å². The molecular formula is C19H18ClN5O3S. The summed E-state index contributed by atoms with van der Waals surface area (Å²) in [6, 6.07) is 11.6. The molecule has 0 unspecified atom stereocenters. The number of amides is 1.